The van der Waals surface area contributed by atoms with Crippen LogP contribution < -0.4 is 5.73 Å². The molecule has 19 heavy (non-hydrogen) atoms. The van der Waals surface area contributed by atoms with Gasteiger partial charge in [0.25, 0.3) is 0 Å². The highest BCUT2D eigenvalue weighted by Gasteiger charge is 2.17. The minimum absolute atomic E-state index is 0.0121. The molecular weight excluding hydrogens is 248 g/mol. The third kappa shape index (κ3) is 5.67. The molecule has 0 spiro atoms. The van der Waals surface area contributed by atoms with E-state index in [0.29, 0.717) is 0 Å². The standard InChI is InChI=1S/C13H16N2O4/c14-11(16)6-7-15(12(17)8-13(18)19)9-10-4-2-1-3-5-10/h1-5H,6-9H2,(H2,14,16)(H,18,19). The van der Waals surface area contributed by atoms with Crippen LogP contribution in [0.5, 0.6) is 0 Å². The summed E-state index contributed by atoms with van der Waals surface area (Å²) in [6.07, 6.45) is -0.580. The van der Waals surface area contributed by atoms with Crippen LogP contribution in [-0.4, -0.2) is 34.3 Å². The van der Waals surface area contributed by atoms with E-state index in [-0.39, 0.29) is 19.5 Å². The van der Waals surface area contributed by atoms with Gasteiger partial charge in [0.15, 0.2) is 0 Å². The van der Waals surface area contributed by atoms with Crippen LogP contribution in [0, 0.1) is 0 Å². The van der Waals surface area contributed by atoms with Gasteiger partial charge < -0.3 is 15.7 Å². The van der Waals surface area contributed by atoms with Crippen LogP contribution in [0.2, 0.25) is 0 Å². The van der Waals surface area contributed by atoms with Crippen molar-refractivity contribution in [3.05, 3.63) is 35.9 Å². The van der Waals surface area contributed by atoms with Crippen LogP contribution >= 0.6 is 0 Å². The molecule has 0 heterocycles. The number of benzene rings is 1. The van der Waals surface area contributed by atoms with Gasteiger partial charge in [0.1, 0.15) is 6.42 Å². The quantitative estimate of drug-likeness (QED) is 0.694. The molecule has 0 atom stereocenters. The Kier molecular flexibility index (Phi) is 5.53. The fourth-order valence-electron chi connectivity index (χ4n) is 1.58. The number of hydrogen-bond acceptors (Lipinski definition) is 3. The molecule has 0 aliphatic carbocycles. The third-order valence-corrected chi connectivity index (χ3v) is 2.50. The average Bonchev–Trinajstić information content (AvgIpc) is 2.34. The van der Waals surface area contributed by atoms with Crippen LogP contribution in [0.4, 0.5) is 0 Å². The lowest BCUT2D eigenvalue weighted by atomic mass is 10.2. The lowest BCUT2D eigenvalue weighted by molar-refractivity contribution is -0.144. The Hall–Kier alpha value is -2.37. The molecule has 0 unspecified atom stereocenters. The van der Waals surface area contributed by atoms with E-state index in [2.05, 4.69) is 0 Å². The maximum absolute atomic E-state index is 11.8. The summed E-state index contributed by atoms with van der Waals surface area (Å²) in [4.78, 5) is 34.4. The summed E-state index contributed by atoms with van der Waals surface area (Å²) in [5, 5.41) is 8.64. The molecule has 0 radical (unpaired) electrons. The molecule has 102 valence electrons. The molecule has 1 aromatic carbocycles. The molecule has 0 saturated heterocycles. The molecule has 2 amide bonds. The van der Waals surface area contributed by atoms with Gasteiger partial charge >= 0.3 is 5.97 Å². The normalized spacial score (nSPS) is 9.89. The molecule has 1 rings (SSSR count). The summed E-state index contributed by atoms with van der Waals surface area (Å²) in [5.74, 6) is -2.25. The highest BCUT2D eigenvalue weighted by molar-refractivity contribution is 5.93. The first-order chi connectivity index (χ1) is 8.99. The summed E-state index contributed by atoms with van der Waals surface area (Å²) < 4.78 is 0. The lowest BCUT2D eigenvalue weighted by Crippen LogP contribution is -2.34. The van der Waals surface area contributed by atoms with Crippen molar-refractivity contribution in [2.75, 3.05) is 6.54 Å². The van der Waals surface area contributed by atoms with Crippen molar-refractivity contribution >= 4 is 17.8 Å². The zero-order valence-corrected chi connectivity index (χ0v) is 10.4. The fraction of sp³-hybridized carbons (Fsp3) is 0.308. The topological polar surface area (TPSA) is 101 Å². The van der Waals surface area contributed by atoms with E-state index in [9.17, 15) is 14.4 Å². The fourth-order valence-corrected chi connectivity index (χ4v) is 1.58. The van der Waals surface area contributed by atoms with E-state index in [4.69, 9.17) is 10.8 Å². The van der Waals surface area contributed by atoms with Crippen molar-refractivity contribution in [2.45, 2.75) is 19.4 Å². The average molecular weight is 264 g/mol. The number of carboxylic acids is 1. The molecule has 1 aromatic rings. The maximum Gasteiger partial charge on any atom is 0.312 e. The third-order valence-electron chi connectivity index (χ3n) is 2.50. The van der Waals surface area contributed by atoms with Gasteiger partial charge in [-0.15, -0.1) is 0 Å². The van der Waals surface area contributed by atoms with Gasteiger partial charge in [0.2, 0.25) is 11.8 Å². The highest BCUT2D eigenvalue weighted by atomic mass is 16.4. The van der Waals surface area contributed by atoms with Crippen molar-refractivity contribution in [2.24, 2.45) is 5.73 Å². The summed E-state index contributed by atoms with van der Waals surface area (Å²) in [6, 6.07) is 9.14. The van der Waals surface area contributed by atoms with Crippen molar-refractivity contribution in [3.63, 3.8) is 0 Å². The van der Waals surface area contributed by atoms with Gasteiger partial charge in [-0.3, -0.25) is 14.4 Å². The highest BCUT2D eigenvalue weighted by Crippen LogP contribution is 2.07. The number of amides is 2. The van der Waals surface area contributed by atoms with Crippen molar-refractivity contribution in [1.29, 1.82) is 0 Å². The van der Waals surface area contributed by atoms with Crippen molar-refractivity contribution < 1.29 is 19.5 Å². The minimum atomic E-state index is -1.19. The summed E-state index contributed by atoms with van der Waals surface area (Å²) in [7, 11) is 0. The number of hydrogen-bond donors (Lipinski definition) is 2. The van der Waals surface area contributed by atoms with E-state index in [1.165, 1.54) is 4.90 Å². The molecule has 0 aliphatic heterocycles. The summed E-state index contributed by atoms with van der Waals surface area (Å²) in [5.41, 5.74) is 5.91. The van der Waals surface area contributed by atoms with E-state index < -0.39 is 24.2 Å². The van der Waals surface area contributed by atoms with E-state index >= 15 is 0 Å². The number of carbonyl (C=O) groups is 3. The first kappa shape index (κ1) is 14.7. The zero-order chi connectivity index (χ0) is 14.3. The van der Waals surface area contributed by atoms with Gasteiger partial charge in [-0.05, 0) is 5.56 Å². The predicted octanol–water partition coefficient (Wildman–Crippen LogP) is 0.365. The molecule has 0 saturated carbocycles. The Morgan fingerprint density at radius 2 is 1.79 bits per heavy atom. The number of primary amides is 1. The second-order valence-corrected chi connectivity index (χ2v) is 4.09. The van der Waals surface area contributed by atoms with Gasteiger partial charge in [-0.25, -0.2) is 0 Å². The number of rotatable bonds is 7. The maximum atomic E-state index is 11.8. The van der Waals surface area contributed by atoms with E-state index in [1.54, 1.807) is 0 Å². The SMILES string of the molecule is NC(=O)CCN(Cc1ccccc1)C(=O)CC(=O)O. The monoisotopic (exact) mass is 264 g/mol. The molecule has 0 aliphatic rings. The van der Waals surface area contributed by atoms with Crippen LogP contribution in [0.25, 0.3) is 0 Å². The van der Waals surface area contributed by atoms with Gasteiger partial charge in [0, 0.05) is 19.5 Å². The van der Waals surface area contributed by atoms with Crippen LogP contribution in [0.15, 0.2) is 30.3 Å². The van der Waals surface area contributed by atoms with Crippen LogP contribution in [0.3, 0.4) is 0 Å². The number of aliphatic carboxylic acids is 1. The number of carbonyl (C=O) groups excluding carboxylic acids is 2. The van der Waals surface area contributed by atoms with Crippen LogP contribution in [0.1, 0.15) is 18.4 Å². The van der Waals surface area contributed by atoms with Crippen molar-refractivity contribution in [1.82, 2.24) is 4.90 Å². The van der Waals surface area contributed by atoms with Crippen LogP contribution in [-0.2, 0) is 20.9 Å². The Balaban J connectivity index is 2.71. The van der Waals surface area contributed by atoms with Crippen molar-refractivity contribution in [3.8, 4) is 0 Å². The second-order valence-electron chi connectivity index (χ2n) is 4.09. The Morgan fingerprint density at radius 1 is 1.16 bits per heavy atom. The smallest absolute Gasteiger partial charge is 0.312 e. The summed E-state index contributed by atoms with van der Waals surface area (Å²) in [6.45, 7) is 0.385. The number of nitrogens with zero attached hydrogens (tertiary/aromatic N) is 1. The number of nitrogens with two attached hydrogens (primary N) is 1. The Morgan fingerprint density at radius 3 is 2.32 bits per heavy atom. The molecule has 3 N–H and O–H groups in total. The number of carboxylic acid groups (broad SMARTS) is 1. The molecule has 0 bridgehead atoms. The molecular formula is C13H16N2O4. The summed E-state index contributed by atoms with van der Waals surface area (Å²) >= 11 is 0. The van der Waals surface area contributed by atoms with E-state index in [1.807, 2.05) is 30.3 Å². The Bertz CT molecular complexity index is 459. The Labute approximate surface area is 110 Å². The zero-order valence-electron chi connectivity index (χ0n) is 10.4. The largest absolute Gasteiger partial charge is 0.481 e. The minimum Gasteiger partial charge on any atom is -0.481 e. The van der Waals surface area contributed by atoms with Gasteiger partial charge in [0.05, 0.1) is 0 Å². The van der Waals surface area contributed by atoms with Gasteiger partial charge in [-0.1, -0.05) is 30.3 Å². The van der Waals surface area contributed by atoms with Gasteiger partial charge in [-0.2, -0.15) is 0 Å². The lowest BCUT2D eigenvalue weighted by Gasteiger charge is -2.21. The molecule has 0 fully saturated rings. The first-order valence-corrected chi connectivity index (χ1v) is 5.81. The predicted molar refractivity (Wildman–Crippen MR) is 67.9 cm³/mol. The second kappa shape index (κ2) is 7.15. The molecule has 6 heteroatoms. The molecule has 6 nitrogen and oxygen atoms in total. The first-order valence-electron chi connectivity index (χ1n) is 5.81. The molecule has 0 aromatic heterocycles. The van der Waals surface area contributed by atoms with E-state index in [0.717, 1.165) is 5.56 Å².